The molecule has 2 rings (SSSR count). The van der Waals surface area contributed by atoms with Gasteiger partial charge in [0, 0.05) is 12.6 Å². The van der Waals surface area contributed by atoms with Gasteiger partial charge in [0.25, 0.3) is 0 Å². The fraction of sp³-hybridized carbons (Fsp3) is 0.467. The third-order valence-corrected chi connectivity index (χ3v) is 4.12. The number of hydrogen-bond donors (Lipinski definition) is 3. The first-order valence-corrected chi connectivity index (χ1v) is 6.94. The van der Waals surface area contributed by atoms with Crippen LogP contribution in [-0.2, 0) is 11.3 Å². The van der Waals surface area contributed by atoms with Crippen LogP contribution in [0.5, 0.6) is 0 Å². The van der Waals surface area contributed by atoms with Crippen LogP contribution in [0, 0.1) is 11.2 Å². The van der Waals surface area contributed by atoms with E-state index >= 15 is 0 Å². The number of amides is 2. The maximum atomic E-state index is 12.8. The van der Waals surface area contributed by atoms with Crippen molar-refractivity contribution in [1.29, 1.82) is 0 Å². The molecule has 0 saturated heterocycles. The van der Waals surface area contributed by atoms with Gasteiger partial charge in [-0.15, -0.1) is 0 Å². The van der Waals surface area contributed by atoms with Gasteiger partial charge in [-0.2, -0.15) is 0 Å². The number of halogens is 1. The largest absolute Gasteiger partial charge is 0.481 e. The van der Waals surface area contributed by atoms with Crippen LogP contribution in [-0.4, -0.2) is 23.1 Å². The predicted molar refractivity (Wildman–Crippen MR) is 75.2 cm³/mol. The minimum absolute atomic E-state index is 0.266. The Morgan fingerprint density at radius 2 is 2.05 bits per heavy atom. The molecule has 0 heterocycles. The summed E-state index contributed by atoms with van der Waals surface area (Å²) >= 11 is 0. The average molecular weight is 294 g/mol. The minimum Gasteiger partial charge on any atom is -0.481 e. The normalized spacial score (nSPS) is 24.6. The molecule has 0 aromatic heterocycles. The molecule has 0 radical (unpaired) electrons. The van der Waals surface area contributed by atoms with Crippen molar-refractivity contribution < 1.29 is 19.1 Å². The van der Waals surface area contributed by atoms with E-state index in [1.165, 1.54) is 12.1 Å². The van der Waals surface area contributed by atoms with Crippen molar-refractivity contribution in [3.8, 4) is 0 Å². The predicted octanol–water partition coefficient (Wildman–Crippen LogP) is 2.27. The van der Waals surface area contributed by atoms with E-state index in [0.29, 0.717) is 12.8 Å². The first-order valence-electron chi connectivity index (χ1n) is 6.94. The fourth-order valence-electron chi connectivity index (χ4n) is 2.65. The number of carbonyl (C=O) groups excluding carboxylic acids is 1. The van der Waals surface area contributed by atoms with Gasteiger partial charge in [-0.1, -0.05) is 18.6 Å². The Morgan fingerprint density at radius 1 is 1.38 bits per heavy atom. The third kappa shape index (κ3) is 3.51. The molecular formula is C15H19FN2O3. The number of aliphatic carboxylic acids is 1. The summed E-state index contributed by atoms with van der Waals surface area (Å²) in [7, 11) is 0. The molecule has 0 bridgehead atoms. The van der Waals surface area contributed by atoms with Crippen LogP contribution in [0.2, 0.25) is 0 Å². The van der Waals surface area contributed by atoms with E-state index in [-0.39, 0.29) is 18.4 Å². The van der Waals surface area contributed by atoms with Crippen molar-refractivity contribution in [3.05, 3.63) is 35.6 Å². The Bertz CT molecular complexity index is 532. The van der Waals surface area contributed by atoms with E-state index in [4.69, 9.17) is 0 Å². The lowest BCUT2D eigenvalue weighted by atomic mass is 9.85. The molecule has 5 nitrogen and oxygen atoms in total. The molecular weight excluding hydrogens is 275 g/mol. The SMILES string of the molecule is CC1(C(=O)O)CCCC1NC(=O)NCc1ccc(F)cc1. The number of hydrogen-bond acceptors (Lipinski definition) is 2. The Hall–Kier alpha value is -2.11. The van der Waals surface area contributed by atoms with Crippen LogP contribution in [0.25, 0.3) is 0 Å². The van der Waals surface area contributed by atoms with Crippen LogP contribution >= 0.6 is 0 Å². The van der Waals surface area contributed by atoms with E-state index < -0.39 is 17.4 Å². The molecule has 0 aliphatic heterocycles. The second-order valence-electron chi connectivity index (χ2n) is 5.62. The van der Waals surface area contributed by atoms with E-state index in [2.05, 4.69) is 10.6 Å². The first kappa shape index (κ1) is 15.3. The highest BCUT2D eigenvalue weighted by Gasteiger charge is 2.45. The van der Waals surface area contributed by atoms with Gasteiger partial charge in [-0.05, 0) is 37.5 Å². The molecule has 21 heavy (non-hydrogen) atoms. The van der Waals surface area contributed by atoms with Crippen LogP contribution in [0.15, 0.2) is 24.3 Å². The summed E-state index contributed by atoms with van der Waals surface area (Å²) in [5.41, 5.74) is -0.133. The lowest BCUT2D eigenvalue weighted by Crippen LogP contribution is -2.50. The number of urea groups is 1. The molecule has 1 saturated carbocycles. The summed E-state index contributed by atoms with van der Waals surface area (Å²) in [5, 5.41) is 14.7. The molecule has 1 aromatic rings. The maximum Gasteiger partial charge on any atom is 0.315 e. The van der Waals surface area contributed by atoms with Gasteiger partial charge in [-0.3, -0.25) is 4.79 Å². The summed E-state index contributed by atoms with van der Waals surface area (Å²) < 4.78 is 12.8. The van der Waals surface area contributed by atoms with Crippen molar-refractivity contribution in [2.45, 2.75) is 38.8 Å². The number of nitrogens with one attached hydrogen (secondary N) is 2. The van der Waals surface area contributed by atoms with Crippen molar-refractivity contribution in [1.82, 2.24) is 10.6 Å². The summed E-state index contributed by atoms with van der Waals surface area (Å²) in [5.74, 6) is -1.21. The highest BCUT2D eigenvalue weighted by atomic mass is 19.1. The number of rotatable bonds is 4. The van der Waals surface area contributed by atoms with E-state index in [1.54, 1.807) is 19.1 Å². The molecule has 1 fully saturated rings. The molecule has 2 amide bonds. The van der Waals surface area contributed by atoms with Crippen LogP contribution in [0.1, 0.15) is 31.7 Å². The molecule has 1 aromatic carbocycles. The van der Waals surface area contributed by atoms with Gasteiger partial charge in [0.15, 0.2) is 0 Å². The second kappa shape index (κ2) is 6.11. The van der Waals surface area contributed by atoms with Crippen molar-refractivity contribution in [3.63, 3.8) is 0 Å². The highest BCUT2D eigenvalue weighted by Crippen LogP contribution is 2.38. The summed E-state index contributed by atoms with van der Waals surface area (Å²) in [6.45, 7) is 1.93. The average Bonchev–Trinajstić information content (AvgIpc) is 2.81. The Kier molecular flexibility index (Phi) is 4.45. The molecule has 2 unspecified atom stereocenters. The van der Waals surface area contributed by atoms with Crippen molar-refractivity contribution in [2.24, 2.45) is 5.41 Å². The van der Waals surface area contributed by atoms with Crippen LogP contribution < -0.4 is 10.6 Å². The number of benzene rings is 1. The molecule has 0 spiro atoms. The van der Waals surface area contributed by atoms with Gasteiger partial charge in [0.05, 0.1) is 5.41 Å². The van der Waals surface area contributed by atoms with Gasteiger partial charge < -0.3 is 15.7 Å². The molecule has 114 valence electrons. The van der Waals surface area contributed by atoms with Crippen LogP contribution in [0.3, 0.4) is 0 Å². The van der Waals surface area contributed by atoms with Crippen molar-refractivity contribution in [2.75, 3.05) is 0 Å². The Labute approximate surface area is 122 Å². The van der Waals surface area contributed by atoms with E-state index in [1.807, 2.05) is 0 Å². The standard InChI is InChI=1S/C15H19FN2O3/c1-15(13(19)20)8-2-3-12(15)18-14(21)17-9-10-4-6-11(16)7-5-10/h4-7,12H,2-3,8-9H2,1H3,(H,19,20)(H2,17,18,21). The molecule has 6 heteroatoms. The van der Waals surface area contributed by atoms with Gasteiger partial charge >= 0.3 is 12.0 Å². The zero-order valence-electron chi connectivity index (χ0n) is 11.9. The van der Waals surface area contributed by atoms with E-state index in [0.717, 1.165) is 12.0 Å². The smallest absolute Gasteiger partial charge is 0.315 e. The number of carboxylic acid groups (broad SMARTS) is 1. The Balaban J connectivity index is 1.87. The first-order chi connectivity index (χ1) is 9.91. The molecule has 2 atom stereocenters. The number of carbonyl (C=O) groups is 2. The Morgan fingerprint density at radius 3 is 2.67 bits per heavy atom. The quantitative estimate of drug-likeness (QED) is 0.797. The molecule has 1 aliphatic carbocycles. The molecule has 1 aliphatic rings. The van der Waals surface area contributed by atoms with Crippen molar-refractivity contribution >= 4 is 12.0 Å². The minimum atomic E-state index is -0.910. The maximum absolute atomic E-state index is 12.8. The monoisotopic (exact) mass is 294 g/mol. The van der Waals surface area contributed by atoms with E-state index in [9.17, 15) is 19.1 Å². The third-order valence-electron chi connectivity index (χ3n) is 4.12. The number of carboxylic acids is 1. The van der Waals surface area contributed by atoms with Crippen LogP contribution in [0.4, 0.5) is 9.18 Å². The highest BCUT2D eigenvalue weighted by molar-refractivity contribution is 5.79. The topological polar surface area (TPSA) is 78.4 Å². The van der Waals surface area contributed by atoms with Gasteiger partial charge in [-0.25, -0.2) is 9.18 Å². The fourth-order valence-corrected chi connectivity index (χ4v) is 2.65. The molecule has 3 N–H and O–H groups in total. The van der Waals surface area contributed by atoms with Gasteiger partial charge in [0.1, 0.15) is 5.82 Å². The summed E-state index contributed by atoms with van der Waals surface area (Å²) in [6, 6.07) is 5.06. The summed E-state index contributed by atoms with van der Waals surface area (Å²) in [6.07, 6.45) is 2.00. The lowest BCUT2D eigenvalue weighted by molar-refractivity contribution is -0.148. The zero-order chi connectivity index (χ0) is 15.5. The summed E-state index contributed by atoms with van der Waals surface area (Å²) in [4.78, 5) is 23.2. The second-order valence-corrected chi connectivity index (χ2v) is 5.62. The lowest BCUT2D eigenvalue weighted by Gasteiger charge is -2.27. The van der Waals surface area contributed by atoms with Gasteiger partial charge in [0.2, 0.25) is 0 Å². The zero-order valence-corrected chi connectivity index (χ0v) is 11.9.